The average Bonchev–Trinajstić information content (AvgIpc) is 2.79. The molecule has 0 radical (unpaired) electrons. The summed E-state index contributed by atoms with van der Waals surface area (Å²) < 4.78 is 11.7. The highest BCUT2D eigenvalue weighted by Gasteiger charge is 2.12. The molecule has 0 bridgehead atoms. The van der Waals surface area contributed by atoms with E-state index in [9.17, 15) is 0 Å². The first-order valence-corrected chi connectivity index (χ1v) is 8.42. The van der Waals surface area contributed by atoms with Gasteiger partial charge in [-0.15, -0.1) is 0 Å². The molecule has 1 aliphatic rings. The SMILES string of the molecule is CCNCc1ccc(OCCOC2CCCCCC2)cc1. The molecule has 1 aromatic carbocycles. The maximum atomic E-state index is 5.93. The molecule has 1 N–H and O–H groups in total. The first-order chi connectivity index (χ1) is 10.4. The molecule has 21 heavy (non-hydrogen) atoms. The zero-order valence-corrected chi connectivity index (χ0v) is 13.3. The van der Waals surface area contributed by atoms with E-state index in [0.29, 0.717) is 19.3 Å². The third kappa shape index (κ3) is 6.49. The second-order valence-electron chi connectivity index (χ2n) is 5.76. The molecule has 1 aromatic rings. The number of benzene rings is 1. The minimum Gasteiger partial charge on any atom is -0.491 e. The highest BCUT2D eigenvalue weighted by atomic mass is 16.5. The van der Waals surface area contributed by atoms with Crippen LogP contribution < -0.4 is 10.1 Å². The molecule has 1 saturated carbocycles. The van der Waals surface area contributed by atoms with Crippen LogP contribution in [0.4, 0.5) is 0 Å². The van der Waals surface area contributed by atoms with Gasteiger partial charge in [0.05, 0.1) is 12.7 Å². The zero-order valence-electron chi connectivity index (χ0n) is 13.3. The van der Waals surface area contributed by atoms with Gasteiger partial charge in [-0.05, 0) is 37.1 Å². The van der Waals surface area contributed by atoms with Crippen LogP contribution >= 0.6 is 0 Å². The van der Waals surface area contributed by atoms with Gasteiger partial charge in [-0.3, -0.25) is 0 Å². The van der Waals surface area contributed by atoms with Crippen LogP contribution in [0.25, 0.3) is 0 Å². The van der Waals surface area contributed by atoms with Gasteiger partial charge < -0.3 is 14.8 Å². The Bertz CT molecular complexity index is 369. The first kappa shape index (κ1) is 16.3. The topological polar surface area (TPSA) is 30.5 Å². The van der Waals surface area contributed by atoms with Crippen molar-refractivity contribution in [1.29, 1.82) is 0 Å². The Morgan fingerprint density at radius 3 is 2.38 bits per heavy atom. The Morgan fingerprint density at radius 2 is 1.71 bits per heavy atom. The van der Waals surface area contributed by atoms with Crippen molar-refractivity contribution in [3.63, 3.8) is 0 Å². The summed E-state index contributed by atoms with van der Waals surface area (Å²) >= 11 is 0. The lowest BCUT2D eigenvalue weighted by atomic mass is 10.1. The van der Waals surface area contributed by atoms with Crippen LogP contribution in [-0.2, 0) is 11.3 Å². The van der Waals surface area contributed by atoms with Crippen molar-refractivity contribution in [2.75, 3.05) is 19.8 Å². The van der Waals surface area contributed by atoms with Gasteiger partial charge in [0.1, 0.15) is 12.4 Å². The Labute approximate surface area is 129 Å². The van der Waals surface area contributed by atoms with E-state index in [2.05, 4.69) is 24.4 Å². The molecule has 118 valence electrons. The van der Waals surface area contributed by atoms with Crippen LogP contribution in [0.1, 0.15) is 51.0 Å². The van der Waals surface area contributed by atoms with Crippen LogP contribution in [0.15, 0.2) is 24.3 Å². The Kier molecular flexibility index (Phi) is 7.61. The number of hydrogen-bond acceptors (Lipinski definition) is 3. The standard InChI is InChI=1S/C18H29NO2/c1-2-19-15-16-9-11-18(12-10-16)21-14-13-20-17-7-5-3-4-6-8-17/h9-12,17,19H,2-8,13-15H2,1H3. The van der Waals surface area contributed by atoms with E-state index in [1.54, 1.807) is 0 Å². The summed E-state index contributed by atoms with van der Waals surface area (Å²) in [6, 6.07) is 8.31. The van der Waals surface area contributed by atoms with Crippen molar-refractivity contribution in [3.05, 3.63) is 29.8 Å². The van der Waals surface area contributed by atoms with Gasteiger partial charge in [0.15, 0.2) is 0 Å². The summed E-state index contributed by atoms with van der Waals surface area (Å²) in [5.74, 6) is 0.930. The van der Waals surface area contributed by atoms with E-state index in [0.717, 1.165) is 18.8 Å². The van der Waals surface area contributed by atoms with Gasteiger partial charge in [0.25, 0.3) is 0 Å². The van der Waals surface area contributed by atoms with Crippen LogP contribution in [0.5, 0.6) is 5.75 Å². The van der Waals surface area contributed by atoms with E-state index in [1.165, 1.54) is 44.1 Å². The number of ether oxygens (including phenoxy) is 2. The maximum absolute atomic E-state index is 5.93. The van der Waals surface area contributed by atoms with Gasteiger partial charge >= 0.3 is 0 Å². The van der Waals surface area contributed by atoms with E-state index in [1.807, 2.05) is 12.1 Å². The summed E-state index contributed by atoms with van der Waals surface area (Å²) in [5.41, 5.74) is 1.29. The maximum Gasteiger partial charge on any atom is 0.119 e. The molecule has 0 atom stereocenters. The molecule has 3 heteroatoms. The zero-order chi connectivity index (χ0) is 14.8. The fraction of sp³-hybridized carbons (Fsp3) is 0.667. The molecule has 0 amide bonds. The predicted octanol–water partition coefficient (Wildman–Crippen LogP) is 3.91. The summed E-state index contributed by atoms with van der Waals surface area (Å²) in [6.45, 7) is 5.37. The third-order valence-electron chi connectivity index (χ3n) is 4.01. The molecular weight excluding hydrogens is 262 g/mol. The summed E-state index contributed by atoms with van der Waals surface area (Å²) in [6.07, 6.45) is 8.28. The summed E-state index contributed by atoms with van der Waals surface area (Å²) in [7, 11) is 0. The lowest BCUT2D eigenvalue weighted by Crippen LogP contribution is -2.16. The first-order valence-electron chi connectivity index (χ1n) is 8.42. The van der Waals surface area contributed by atoms with E-state index in [-0.39, 0.29) is 0 Å². The molecule has 3 nitrogen and oxygen atoms in total. The summed E-state index contributed by atoms with van der Waals surface area (Å²) in [5, 5.41) is 3.32. The average molecular weight is 291 g/mol. The highest BCUT2D eigenvalue weighted by Crippen LogP contribution is 2.19. The molecule has 0 spiro atoms. The Balaban J connectivity index is 1.61. The van der Waals surface area contributed by atoms with Crippen molar-refractivity contribution in [2.45, 2.75) is 58.1 Å². The number of rotatable bonds is 8. The second kappa shape index (κ2) is 9.80. The van der Waals surface area contributed by atoms with Crippen LogP contribution in [0, 0.1) is 0 Å². The smallest absolute Gasteiger partial charge is 0.119 e. The van der Waals surface area contributed by atoms with Gasteiger partial charge in [0, 0.05) is 6.54 Å². The van der Waals surface area contributed by atoms with Gasteiger partial charge in [-0.25, -0.2) is 0 Å². The van der Waals surface area contributed by atoms with Crippen molar-refractivity contribution < 1.29 is 9.47 Å². The molecule has 2 rings (SSSR count). The molecule has 0 aromatic heterocycles. The highest BCUT2D eigenvalue weighted by molar-refractivity contribution is 5.27. The largest absolute Gasteiger partial charge is 0.491 e. The van der Waals surface area contributed by atoms with Crippen molar-refractivity contribution in [2.24, 2.45) is 0 Å². The fourth-order valence-electron chi connectivity index (χ4n) is 2.76. The Morgan fingerprint density at radius 1 is 1.00 bits per heavy atom. The molecule has 0 saturated heterocycles. The van der Waals surface area contributed by atoms with Gasteiger partial charge in [-0.2, -0.15) is 0 Å². The molecule has 1 aliphatic carbocycles. The molecule has 1 fully saturated rings. The number of hydrogen-bond donors (Lipinski definition) is 1. The second-order valence-corrected chi connectivity index (χ2v) is 5.76. The van der Waals surface area contributed by atoms with Crippen LogP contribution in [-0.4, -0.2) is 25.9 Å². The van der Waals surface area contributed by atoms with Crippen LogP contribution in [0.2, 0.25) is 0 Å². The van der Waals surface area contributed by atoms with E-state index < -0.39 is 0 Å². The predicted molar refractivity (Wildman–Crippen MR) is 86.8 cm³/mol. The van der Waals surface area contributed by atoms with Crippen LogP contribution in [0.3, 0.4) is 0 Å². The van der Waals surface area contributed by atoms with Crippen molar-refractivity contribution >= 4 is 0 Å². The molecule has 0 aliphatic heterocycles. The molecule has 0 heterocycles. The minimum absolute atomic E-state index is 0.457. The third-order valence-corrected chi connectivity index (χ3v) is 4.01. The monoisotopic (exact) mass is 291 g/mol. The normalized spacial score (nSPS) is 16.6. The van der Waals surface area contributed by atoms with Crippen molar-refractivity contribution in [1.82, 2.24) is 5.32 Å². The number of nitrogens with one attached hydrogen (secondary N) is 1. The minimum atomic E-state index is 0.457. The fourth-order valence-corrected chi connectivity index (χ4v) is 2.76. The lowest BCUT2D eigenvalue weighted by Gasteiger charge is -2.15. The van der Waals surface area contributed by atoms with E-state index in [4.69, 9.17) is 9.47 Å². The van der Waals surface area contributed by atoms with E-state index >= 15 is 0 Å². The summed E-state index contributed by atoms with van der Waals surface area (Å²) in [4.78, 5) is 0. The van der Waals surface area contributed by atoms with Gasteiger partial charge in [0.2, 0.25) is 0 Å². The van der Waals surface area contributed by atoms with Crippen molar-refractivity contribution in [3.8, 4) is 5.75 Å². The molecular formula is C18H29NO2. The van der Waals surface area contributed by atoms with Gasteiger partial charge in [-0.1, -0.05) is 44.7 Å². The Hall–Kier alpha value is -1.06. The lowest BCUT2D eigenvalue weighted by molar-refractivity contribution is 0.0254. The quantitative estimate of drug-likeness (QED) is 0.582. The molecule has 0 unspecified atom stereocenters.